The molecule has 0 aliphatic heterocycles. The van der Waals surface area contributed by atoms with Crippen LogP contribution in [-0.2, 0) is 28.5 Å². The molecular formula is C28H50O6. The van der Waals surface area contributed by atoms with E-state index >= 15 is 0 Å². The van der Waals surface area contributed by atoms with Gasteiger partial charge in [-0.05, 0) is 101 Å². The summed E-state index contributed by atoms with van der Waals surface area (Å²) in [4.78, 5) is 13.3. The van der Waals surface area contributed by atoms with Gasteiger partial charge >= 0.3 is 5.97 Å². The van der Waals surface area contributed by atoms with Crippen molar-refractivity contribution in [2.24, 2.45) is 11.3 Å². The van der Waals surface area contributed by atoms with Crippen molar-refractivity contribution in [2.45, 2.75) is 162 Å². The molecule has 0 amide bonds. The lowest BCUT2D eigenvalue weighted by molar-refractivity contribution is -0.345. The lowest BCUT2D eigenvalue weighted by Gasteiger charge is -2.65. The molecule has 0 aromatic carbocycles. The standard InChI is InChI=1S/C28H50O6/c1-12-25(10,11)22(29)34-28-15-21-13-26(17-28,32-19(2)30-23(4,5)6)16-27(14-21,18-28)33-20(3)31-24(7,8)9/h19-21H,12-18H2,1-11H3. The molecule has 6 nitrogen and oxygen atoms in total. The molecule has 6 heteroatoms. The van der Waals surface area contributed by atoms with Crippen molar-refractivity contribution in [3.63, 3.8) is 0 Å². The average molecular weight is 483 g/mol. The minimum absolute atomic E-state index is 0.125. The fourth-order valence-electron chi connectivity index (χ4n) is 6.78. The molecule has 0 aromatic heterocycles. The maximum atomic E-state index is 13.3. The molecule has 4 atom stereocenters. The van der Waals surface area contributed by atoms with Gasteiger partial charge in [0.05, 0.1) is 27.8 Å². The van der Waals surface area contributed by atoms with Crippen molar-refractivity contribution in [1.29, 1.82) is 0 Å². The van der Waals surface area contributed by atoms with Gasteiger partial charge in [0.25, 0.3) is 0 Å². The van der Waals surface area contributed by atoms with E-state index in [-0.39, 0.29) is 29.8 Å². The van der Waals surface area contributed by atoms with Gasteiger partial charge in [0.15, 0.2) is 12.6 Å². The van der Waals surface area contributed by atoms with Crippen molar-refractivity contribution in [3.8, 4) is 0 Å². The third kappa shape index (κ3) is 6.54. The van der Waals surface area contributed by atoms with Crippen LogP contribution in [0.25, 0.3) is 0 Å². The second-order valence-electron chi connectivity index (χ2n) is 14.0. The van der Waals surface area contributed by atoms with Gasteiger partial charge in [0, 0.05) is 19.3 Å². The van der Waals surface area contributed by atoms with Crippen LogP contribution in [0.4, 0.5) is 0 Å². The number of hydrogen-bond donors (Lipinski definition) is 0. The molecule has 0 heterocycles. The van der Waals surface area contributed by atoms with Crippen molar-refractivity contribution in [3.05, 3.63) is 0 Å². The van der Waals surface area contributed by atoms with Crippen molar-refractivity contribution >= 4 is 5.97 Å². The Bertz CT molecular complexity index is 705. The molecule has 4 fully saturated rings. The smallest absolute Gasteiger partial charge is 0.312 e. The molecule has 0 aromatic rings. The normalized spacial score (nSPS) is 35.3. The summed E-state index contributed by atoms with van der Waals surface area (Å²) in [6.45, 7) is 22.2. The second-order valence-corrected chi connectivity index (χ2v) is 14.0. The number of rotatable bonds is 9. The Morgan fingerprint density at radius 2 is 1.15 bits per heavy atom. The molecule has 0 N–H and O–H groups in total. The summed E-state index contributed by atoms with van der Waals surface area (Å²) in [5.41, 5.74) is -2.59. The van der Waals surface area contributed by atoms with E-state index in [1.807, 2.05) is 76.2 Å². The zero-order chi connectivity index (χ0) is 25.8. The molecular weight excluding hydrogens is 432 g/mol. The van der Waals surface area contributed by atoms with Gasteiger partial charge in [0.1, 0.15) is 5.60 Å². The first kappa shape index (κ1) is 27.9. The van der Waals surface area contributed by atoms with E-state index < -0.39 is 22.2 Å². The van der Waals surface area contributed by atoms with Crippen LogP contribution >= 0.6 is 0 Å². The highest BCUT2D eigenvalue weighted by Gasteiger charge is 2.67. The third-order valence-electron chi connectivity index (χ3n) is 7.53. The number of carbonyl (C=O) groups is 1. The van der Waals surface area contributed by atoms with Crippen molar-refractivity contribution in [1.82, 2.24) is 0 Å². The van der Waals surface area contributed by atoms with Crippen molar-refractivity contribution < 1.29 is 28.5 Å². The predicted molar refractivity (Wildman–Crippen MR) is 132 cm³/mol. The largest absolute Gasteiger partial charge is 0.458 e. The summed E-state index contributed by atoms with van der Waals surface area (Å²) in [5.74, 6) is 0.248. The van der Waals surface area contributed by atoms with Gasteiger partial charge in [-0.15, -0.1) is 0 Å². The maximum absolute atomic E-state index is 13.3. The molecule has 4 saturated carbocycles. The Labute approximate surface area is 207 Å². The van der Waals surface area contributed by atoms with Gasteiger partial charge in [-0.3, -0.25) is 4.79 Å². The van der Waals surface area contributed by atoms with Crippen LogP contribution in [0.3, 0.4) is 0 Å². The molecule has 0 saturated heterocycles. The molecule has 198 valence electrons. The fourth-order valence-corrected chi connectivity index (χ4v) is 6.78. The Hall–Kier alpha value is -0.690. The number of ether oxygens (including phenoxy) is 5. The van der Waals surface area contributed by atoms with Gasteiger partial charge in [-0.25, -0.2) is 0 Å². The monoisotopic (exact) mass is 482 g/mol. The Kier molecular flexibility index (Phi) is 7.39. The zero-order valence-electron chi connectivity index (χ0n) is 23.6. The molecule has 4 bridgehead atoms. The quantitative estimate of drug-likeness (QED) is 0.275. The van der Waals surface area contributed by atoms with Crippen LogP contribution in [-0.4, -0.2) is 46.6 Å². The molecule has 34 heavy (non-hydrogen) atoms. The predicted octanol–water partition coefficient (Wildman–Crippen LogP) is 6.54. The highest BCUT2D eigenvalue weighted by atomic mass is 16.7. The number of esters is 1. The first-order valence-electron chi connectivity index (χ1n) is 13.2. The third-order valence-corrected chi connectivity index (χ3v) is 7.53. The minimum atomic E-state index is -0.578. The molecule has 0 spiro atoms. The zero-order valence-corrected chi connectivity index (χ0v) is 23.6. The first-order chi connectivity index (χ1) is 15.3. The highest BCUT2D eigenvalue weighted by Crippen LogP contribution is 2.63. The highest BCUT2D eigenvalue weighted by molar-refractivity contribution is 5.76. The summed E-state index contributed by atoms with van der Waals surface area (Å²) >= 11 is 0. The molecule has 4 aliphatic rings. The first-order valence-corrected chi connectivity index (χ1v) is 13.2. The van der Waals surface area contributed by atoms with Gasteiger partial charge in [0.2, 0.25) is 0 Å². The van der Waals surface area contributed by atoms with E-state index in [4.69, 9.17) is 23.7 Å². The van der Waals surface area contributed by atoms with Crippen LogP contribution in [0.15, 0.2) is 0 Å². The van der Waals surface area contributed by atoms with Gasteiger partial charge < -0.3 is 23.7 Å². The van der Waals surface area contributed by atoms with Gasteiger partial charge in [-0.2, -0.15) is 0 Å². The fraction of sp³-hybridized carbons (Fsp3) is 0.964. The van der Waals surface area contributed by atoms with Crippen LogP contribution in [0.2, 0.25) is 0 Å². The van der Waals surface area contributed by atoms with E-state index in [0.29, 0.717) is 18.8 Å². The summed E-state index contributed by atoms with van der Waals surface area (Å²) in [6, 6.07) is 0. The summed E-state index contributed by atoms with van der Waals surface area (Å²) in [6.07, 6.45) is 4.93. The van der Waals surface area contributed by atoms with E-state index in [9.17, 15) is 4.79 Å². The minimum Gasteiger partial charge on any atom is -0.458 e. The molecule has 4 unspecified atom stereocenters. The van der Waals surface area contributed by atoms with Crippen LogP contribution in [0.1, 0.15) is 121 Å². The van der Waals surface area contributed by atoms with E-state index in [2.05, 4.69) is 0 Å². The Morgan fingerprint density at radius 1 is 0.765 bits per heavy atom. The summed E-state index contributed by atoms with van der Waals surface area (Å²) in [7, 11) is 0. The van der Waals surface area contributed by atoms with Crippen molar-refractivity contribution in [2.75, 3.05) is 0 Å². The maximum Gasteiger partial charge on any atom is 0.312 e. The van der Waals surface area contributed by atoms with E-state index in [1.165, 1.54) is 0 Å². The molecule has 4 aliphatic carbocycles. The van der Waals surface area contributed by atoms with Crippen LogP contribution in [0, 0.1) is 11.3 Å². The lowest BCUT2D eigenvalue weighted by Crippen LogP contribution is -2.69. The SMILES string of the molecule is CCC(C)(C)C(=O)OC12CC3CC(OC(C)OC(C)(C)C)(C1)CC(OC(C)OC(C)(C)C)(C3)C2. The van der Waals surface area contributed by atoms with E-state index in [0.717, 1.165) is 32.1 Å². The van der Waals surface area contributed by atoms with Crippen LogP contribution < -0.4 is 0 Å². The lowest BCUT2D eigenvalue weighted by atomic mass is 9.50. The molecule has 4 rings (SSSR count). The number of carbonyl (C=O) groups excluding carboxylic acids is 1. The Balaban J connectivity index is 1.90. The number of hydrogen-bond acceptors (Lipinski definition) is 6. The Morgan fingerprint density at radius 3 is 1.53 bits per heavy atom. The molecule has 0 radical (unpaired) electrons. The summed E-state index contributed by atoms with van der Waals surface area (Å²) < 4.78 is 32.2. The second kappa shape index (κ2) is 9.00. The van der Waals surface area contributed by atoms with Crippen LogP contribution in [0.5, 0.6) is 0 Å². The van der Waals surface area contributed by atoms with Gasteiger partial charge in [-0.1, -0.05) is 6.92 Å². The topological polar surface area (TPSA) is 63.2 Å². The average Bonchev–Trinajstić information content (AvgIpc) is 2.55. The van der Waals surface area contributed by atoms with E-state index in [1.54, 1.807) is 0 Å². The summed E-state index contributed by atoms with van der Waals surface area (Å²) in [5, 5.41) is 0.